The molecule has 2 amide bonds. The molecule has 2 atom stereocenters. The smallest absolute Gasteiger partial charge is 0.414 e. The van der Waals surface area contributed by atoms with Crippen LogP contribution in [-0.2, 0) is 17.7 Å². The second-order valence-electron chi connectivity index (χ2n) is 12.8. The van der Waals surface area contributed by atoms with Gasteiger partial charge in [0, 0.05) is 30.9 Å². The molecular formula is C36H47N3O5. The molecule has 3 aromatic rings. The number of ether oxygens (including phenoxy) is 2. The second kappa shape index (κ2) is 15.2. The summed E-state index contributed by atoms with van der Waals surface area (Å²) in [5, 5.41) is 17.8. The quantitative estimate of drug-likeness (QED) is 0.310. The van der Waals surface area contributed by atoms with Crippen molar-refractivity contribution < 1.29 is 24.2 Å². The highest BCUT2D eigenvalue weighted by Crippen LogP contribution is 2.23. The molecule has 44 heavy (non-hydrogen) atoms. The number of carbonyl (C=O) groups excluding carboxylic acids is 2. The molecule has 3 N–H and O–H groups in total. The van der Waals surface area contributed by atoms with E-state index in [9.17, 15) is 14.7 Å². The predicted molar refractivity (Wildman–Crippen MR) is 174 cm³/mol. The lowest BCUT2D eigenvalue weighted by Crippen LogP contribution is -2.48. The number of nitrogens with one attached hydrogen (secondary N) is 2. The molecule has 8 heteroatoms. The first-order chi connectivity index (χ1) is 21.0. The van der Waals surface area contributed by atoms with Gasteiger partial charge in [-0.3, -0.25) is 9.69 Å². The minimum atomic E-state index is -0.864. The molecule has 0 fully saturated rings. The Morgan fingerprint density at radius 2 is 1.84 bits per heavy atom. The zero-order valence-corrected chi connectivity index (χ0v) is 26.6. The van der Waals surface area contributed by atoms with Crippen LogP contribution in [0, 0.1) is 0 Å². The van der Waals surface area contributed by atoms with E-state index < -0.39 is 23.8 Å². The number of amides is 2. The number of fused-ring (bicyclic) bond motifs is 4. The Bertz CT molecular complexity index is 1400. The maximum Gasteiger partial charge on any atom is 0.414 e. The van der Waals surface area contributed by atoms with E-state index in [0.29, 0.717) is 56.3 Å². The van der Waals surface area contributed by atoms with E-state index in [1.807, 2.05) is 45.0 Å². The van der Waals surface area contributed by atoms with E-state index in [4.69, 9.17) is 9.47 Å². The first-order valence-electron chi connectivity index (χ1n) is 15.6. The zero-order chi connectivity index (χ0) is 31.7. The Balaban J connectivity index is 1.56. The van der Waals surface area contributed by atoms with Crippen LogP contribution in [0.3, 0.4) is 0 Å². The Kier molecular flexibility index (Phi) is 11.4. The van der Waals surface area contributed by atoms with Crippen LogP contribution in [0.1, 0.15) is 80.4 Å². The van der Waals surface area contributed by atoms with Gasteiger partial charge in [-0.2, -0.15) is 0 Å². The van der Waals surface area contributed by atoms with E-state index in [1.165, 1.54) is 5.56 Å². The minimum Gasteiger partial charge on any atom is -0.494 e. The van der Waals surface area contributed by atoms with Gasteiger partial charge in [-0.1, -0.05) is 56.3 Å². The fourth-order valence-electron chi connectivity index (χ4n) is 5.14. The summed E-state index contributed by atoms with van der Waals surface area (Å²) in [5.41, 5.74) is 3.67. The minimum absolute atomic E-state index is 0.291. The number of benzene rings is 3. The molecule has 4 bridgehead atoms. The molecule has 3 aromatic carbocycles. The third-order valence-electron chi connectivity index (χ3n) is 7.51. The summed E-state index contributed by atoms with van der Waals surface area (Å²) in [4.78, 5) is 28.4. The van der Waals surface area contributed by atoms with Gasteiger partial charge in [-0.15, -0.1) is 0 Å². The molecule has 0 aliphatic carbocycles. The molecule has 236 valence electrons. The van der Waals surface area contributed by atoms with Crippen LogP contribution in [-0.4, -0.2) is 54.6 Å². The standard InChI is InChI=1S/C36H47N3O5/c1-25(2)28-13-8-12-27(19-28)23-37-24-33(40)32-21-26-11-9-16-31(20-26)43-18-7-6-17-39(35(42)44-36(3,4)5)30-15-10-14-29(22-30)34(41)38-32/h8-16,19-20,22,25,32-33,37,40H,6-7,17-18,21,23-24H2,1-5H3,(H,38,41)/t32-,33+/m0/s1. The predicted octanol–water partition coefficient (Wildman–Crippen LogP) is 6.22. The van der Waals surface area contributed by atoms with Crippen molar-refractivity contribution in [2.45, 2.75) is 84.1 Å². The molecule has 0 aromatic heterocycles. The Hall–Kier alpha value is -3.88. The molecule has 0 spiro atoms. The third kappa shape index (κ3) is 9.82. The van der Waals surface area contributed by atoms with Crippen LogP contribution in [0.15, 0.2) is 72.8 Å². The van der Waals surface area contributed by atoms with Gasteiger partial charge >= 0.3 is 6.09 Å². The van der Waals surface area contributed by atoms with Crippen LogP contribution < -0.4 is 20.3 Å². The summed E-state index contributed by atoms with van der Waals surface area (Å²) in [6, 6.07) is 22.6. The van der Waals surface area contributed by atoms with Gasteiger partial charge in [0.1, 0.15) is 11.4 Å². The van der Waals surface area contributed by atoms with Crippen LogP contribution in [0.2, 0.25) is 0 Å². The highest BCUT2D eigenvalue weighted by molar-refractivity contribution is 5.97. The molecule has 8 nitrogen and oxygen atoms in total. The number of nitrogens with zero attached hydrogens (tertiary/aromatic N) is 1. The molecule has 1 heterocycles. The summed E-state index contributed by atoms with van der Waals surface area (Å²) in [6.45, 7) is 11.6. The lowest BCUT2D eigenvalue weighted by atomic mass is 9.99. The van der Waals surface area contributed by atoms with E-state index in [1.54, 1.807) is 29.2 Å². The van der Waals surface area contributed by atoms with E-state index in [0.717, 1.165) is 23.3 Å². The van der Waals surface area contributed by atoms with Crippen LogP contribution in [0.4, 0.5) is 10.5 Å². The van der Waals surface area contributed by atoms with Gasteiger partial charge in [0.2, 0.25) is 0 Å². The molecule has 0 radical (unpaired) electrons. The fourth-order valence-corrected chi connectivity index (χ4v) is 5.14. The summed E-state index contributed by atoms with van der Waals surface area (Å²) >= 11 is 0. The van der Waals surface area contributed by atoms with Crippen molar-refractivity contribution >= 4 is 17.7 Å². The summed E-state index contributed by atoms with van der Waals surface area (Å²) in [7, 11) is 0. The van der Waals surface area contributed by atoms with Crippen molar-refractivity contribution in [2.24, 2.45) is 0 Å². The van der Waals surface area contributed by atoms with Gasteiger partial charge in [0.15, 0.2) is 0 Å². The van der Waals surface area contributed by atoms with Crippen molar-refractivity contribution in [3.63, 3.8) is 0 Å². The van der Waals surface area contributed by atoms with E-state index in [2.05, 4.69) is 48.7 Å². The highest BCUT2D eigenvalue weighted by atomic mass is 16.6. The van der Waals surface area contributed by atoms with E-state index >= 15 is 0 Å². The monoisotopic (exact) mass is 601 g/mol. The number of aliphatic hydroxyl groups is 1. The molecule has 0 saturated heterocycles. The first-order valence-corrected chi connectivity index (χ1v) is 15.6. The SMILES string of the molecule is CC(C)c1cccc(CNC[C@@H](O)[C@@H]2Cc3cccc(c3)OCCCCN(C(=O)OC(C)(C)C)c3cccc(c3)C(=O)N2)c1. The van der Waals surface area contributed by atoms with Crippen molar-refractivity contribution in [1.29, 1.82) is 0 Å². The fraction of sp³-hybridized carbons (Fsp3) is 0.444. The topological polar surface area (TPSA) is 100 Å². The Morgan fingerprint density at radius 3 is 2.61 bits per heavy atom. The number of hydrogen-bond acceptors (Lipinski definition) is 6. The van der Waals surface area contributed by atoms with Gasteiger partial charge in [0.05, 0.1) is 18.8 Å². The zero-order valence-electron chi connectivity index (χ0n) is 26.6. The van der Waals surface area contributed by atoms with Crippen LogP contribution in [0.5, 0.6) is 5.75 Å². The van der Waals surface area contributed by atoms with Gasteiger partial charge in [-0.25, -0.2) is 4.79 Å². The Morgan fingerprint density at radius 1 is 1.07 bits per heavy atom. The van der Waals surface area contributed by atoms with Gasteiger partial charge in [-0.05, 0) is 93.0 Å². The van der Waals surface area contributed by atoms with Crippen LogP contribution in [0.25, 0.3) is 0 Å². The number of anilines is 1. The largest absolute Gasteiger partial charge is 0.494 e. The number of aliphatic hydroxyl groups excluding tert-OH is 1. The van der Waals surface area contributed by atoms with Crippen molar-refractivity contribution in [3.05, 3.63) is 95.1 Å². The highest BCUT2D eigenvalue weighted by Gasteiger charge is 2.26. The third-order valence-corrected chi connectivity index (χ3v) is 7.51. The summed E-state index contributed by atoms with van der Waals surface area (Å²) in [6.07, 6.45) is 0.508. The lowest BCUT2D eigenvalue weighted by Gasteiger charge is -2.28. The molecule has 0 unspecified atom stereocenters. The molecule has 4 rings (SSSR count). The number of carbonyl (C=O) groups is 2. The van der Waals surface area contributed by atoms with Crippen molar-refractivity contribution in [2.75, 3.05) is 24.6 Å². The van der Waals surface area contributed by atoms with E-state index in [-0.39, 0.29) is 5.91 Å². The number of hydrogen-bond donors (Lipinski definition) is 3. The van der Waals surface area contributed by atoms with Gasteiger partial charge < -0.3 is 25.2 Å². The van der Waals surface area contributed by atoms with Crippen molar-refractivity contribution in [1.82, 2.24) is 10.6 Å². The maximum atomic E-state index is 13.6. The van der Waals surface area contributed by atoms with Gasteiger partial charge in [0.25, 0.3) is 5.91 Å². The summed E-state index contributed by atoms with van der Waals surface area (Å²) < 4.78 is 11.7. The average Bonchev–Trinajstić information content (AvgIpc) is 2.97. The molecule has 1 aliphatic heterocycles. The second-order valence-corrected chi connectivity index (χ2v) is 12.8. The average molecular weight is 602 g/mol. The normalized spacial score (nSPS) is 17.0. The molecule has 1 aliphatic rings. The first kappa shape index (κ1) is 33.0. The maximum absolute atomic E-state index is 13.6. The Labute approximate surface area is 261 Å². The molecule has 0 saturated carbocycles. The molecular weight excluding hydrogens is 554 g/mol. The van der Waals surface area contributed by atoms with Crippen molar-refractivity contribution in [3.8, 4) is 5.75 Å². The summed E-state index contributed by atoms with van der Waals surface area (Å²) in [5.74, 6) is 0.833. The lowest BCUT2D eigenvalue weighted by molar-refractivity contribution is 0.0578. The van der Waals surface area contributed by atoms with Crippen LogP contribution >= 0.6 is 0 Å². The number of rotatable bonds is 6.